The summed E-state index contributed by atoms with van der Waals surface area (Å²) in [5, 5.41) is 8.56. The molecule has 0 aliphatic carbocycles. The van der Waals surface area contributed by atoms with Crippen molar-refractivity contribution >= 4 is 46.3 Å². The van der Waals surface area contributed by atoms with E-state index < -0.39 is 12.6 Å². The van der Waals surface area contributed by atoms with Gasteiger partial charge >= 0.3 is 5.97 Å². The van der Waals surface area contributed by atoms with Crippen LogP contribution >= 0.6 is 24.0 Å². The molecular formula is C15H15NO5S2. The molecule has 1 amide bonds. The number of carboxylic acid groups (broad SMARTS) is 1. The Morgan fingerprint density at radius 1 is 1.39 bits per heavy atom. The highest BCUT2D eigenvalue weighted by Crippen LogP contribution is 2.32. The van der Waals surface area contributed by atoms with Crippen LogP contribution in [0.1, 0.15) is 5.56 Å². The second-order valence-electron chi connectivity index (χ2n) is 4.58. The number of amides is 1. The molecule has 1 fully saturated rings. The molecule has 1 aliphatic rings. The summed E-state index contributed by atoms with van der Waals surface area (Å²) in [7, 11) is 1.57. The predicted molar refractivity (Wildman–Crippen MR) is 91.3 cm³/mol. The minimum atomic E-state index is -1.03. The normalized spacial score (nSPS) is 16.2. The number of benzene rings is 1. The number of hydrogen-bond donors (Lipinski definition) is 1. The van der Waals surface area contributed by atoms with Crippen LogP contribution in [0, 0.1) is 0 Å². The lowest BCUT2D eigenvalue weighted by molar-refractivity contribution is -0.139. The van der Waals surface area contributed by atoms with Crippen molar-refractivity contribution in [2.24, 2.45) is 0 Å². The summed E-state index contributed by atoms with van der Waals surface area (Å²) < 4.78 is 10.5. The lowest BCUT2D eigenvalue weighted by Gasteiger charge is -2.12. The van der Waals surface area contributed by atoms with Crippen molar-refractivity contribution in [3.8, 4) is 5.75 Å². The SMILES string of the molecule is COCCN1C(=O)/C(=C/c2ccc(OCC(=O)O)cc2)SC1=S. The van der Waals surface area contributed by atoms with Crippen molar-refractivity contribution in [3.05, 3.63) is 34.7 Å². The number of methoxy groups -OCH3 is 1. The minimum absolute atomic E-state index is 0.136. The van der Waals surface area contributed by atoms with Crippen LogP contribution in [0.2, 0.25) is 0 Å². The monoisotopic (exact) mass is 353 g/mol. The van der Waals surface area contributed by atoms with E-state index in [0.29, 0.717) is 28.1 Å². The zero-order valence-corrected chi connectivity index (χ0v) is 14.0. The number of thiocarbonyl (C=S) groups is 1. The summed E-state index contributed by atoms with van der Waals surface area (Å²) >= 11 is 6.45. The summed E-state index contributed by atoms with van der Waals surface area (Å²) in [6.45, 7) is 0.466. The van der Waals surface area contributed by atoms with Gasteiger partial charge in [-0.1, -0.05) is 36.1 Å². The van der Waals surface area contributed by atoms with E-state index in [4.69, 9.17) is 26.8 Å². The van der Waals surface area contributed by atoms with Gasteiger partial charge in [0.1, 0.15) is 10.1 Å². The Morgan fingerprint density at radius 3 is 2.70 bits per heavy atom. The van der Waals surface area contributed by atoms with Gasteiger partial charge in [-0.3, -0.25) is 9.69 Å². The van der Waals surface area contributed by atoms with E-state index in [1.807, 2.05) is 0 Å². The Kier molecular flexibility index (Phi) is 6.14. The number of rotatable bonds is 7. The standard InChI is InChI=1S/C15H15NO5S2/c1-20-7-6-16-14(19)12(23-15(16)22)8-10-2-4-11(5-3-10)21-9-13(17)18/h2-5,8H,6-7,9H2,1H3,(H,17,18)/b12-8-. The molecule has 8 heteroatoms. The molecule has 0 unspecified atom stereocenters. The fourth-order valence-electron chi connectivity index (χ4n) is 1.83. The highest BCUT2D eigenvalue weighted by molar-refractivity contribution is 8.26. The number of nitrogens with zero attached hydrogens (tertiary/aromatic N) is 1. The van der Waals surface area contributed by atoms with Crippen LogP contribution < -0.4 is 4.74 Å². The first-order valence-electron chi connectivity index (χ1n) is 6.70. The van der Waals surface area contributed by atoms with Gasteiger partial charge in [0.2, 0.25) is 0 Å². The molecule has 1 aromatic carbocycles. The van der Waals surface area contributed by atoms with Crippen molar-refractivity contribution in [1.82, 2.24) is 4.90 Å². The van der Waals surface area contributed by atoms with Gasteiger partial charge in [-0.15, -0.1) is 0 Å². The number of carboxylic acids is 1. The van der Waals surface area contributed by atoms with Gasteiger partial charge in [0.15, 0.2) is 6.61 Å². The smallest absolute Gasteiger partial charge is 0.341 e. The summed E-state index contributed by atoms with van der Waals surface area (Å²) in [4.78, 5) is 24.8. The van der Waals surface area contributed by atoms with E-state index in [1.165, 1.54) is 16.7 Å². The van der Waals surface area contributed by atoms with Crippen LogP contribution in [-0.2, 0) is 14.3 Å². The van der Waals surface area contributed by atoms with E-state index in [1.54, 1.807) is 37.5 Å². The van der Waals surface area contributed by atoms with Crippen molar-refractivity contribution in [1.29, 1.82) is 0 Å². The molecule has 1 saturated heterocycles. The van der Waals surface area contributed by atoms with Gasteiger partial charge < -0.3 is 14.6 Å². The van der Waals surface area contributed by atoms with E-state index in [2.05, 4.69) is 0 Å². The van der Waals surface area contributed by atoms with Gasteiger partial charge in [-0.2, -0.15) is 0 Å². The Morgan fingerprint density at radius 2 is 2.09 bits per heavy atom. The zero-order chi connectivity index (χ0) is 16.8. The molecule has 23 heavy (non-hydrogen) atoms. The van der Waals surface area contributed by atoms with Gasteiger partial charge in [-0.05, 0) is 23.8 Å². The van der Waals surface area contributed by atoms with Crippen LogP contribution in [0.4, 0.5) is 0 Å². The topological polar surface area (TPSA) is 76.1 Å². The van der Waals surface area contributed by atoms with E-state index in [-0.39, 0.29) is 5.91 Å². The van der Waals surface area contributed by atoms with Crippen molar-refractivity contribution in [2.75, 3.05) is 26.9 Å². The number of carbonyl (C=O) groups is 2. The first-order valence-corrected chi connectivity index (χ1v) is 7.92. The third-order valence-electron chi connectivity index (χ3n) is 2.93. The highest BCUT2D eigenvalue weighted by atomic mass is 32.2. The van der Waals surface area contributed by atoms with Gasteiger partial charge in [0, 0.05) is 7.11 Å². The largest absolute Gasteiger partial charge is 0.482 e. The number of aliphatic carboxylic acids is 1. The second-order valence-corrected chi connectivity index (χ2v) is 6.25. The molecule has 1 aromatic rings. The Bertz CT molecular complexity index is 642. The molecule has 122 valence electrons. The van der Waals surface area contributed by atoms with Crippen molar-refractivity contribution < 1.29 is 24.2 Å². The minimum Gasteiger partial charge on any atom is -0.482 e. The molecule has 1 N–H and O–H groups in total. The summed E-state index contributed by atoms with van der Waals surface area (Å²) in [6, 6.07) is 6.80. The molecule has 0 bridgehead atoms. The van der Waals surface area contributed by atoms with Gasteiger partial charge in [0.05, 0.1) is 18.1 Å². The number of thioether (sulfide) groups is 1. The third kappa shape index (κ3) is 4.78. The Balaban J connectivity index is 2.05. The Labute approximate surface area is 143 Å². The Hall–Kier alpha value is -1.90. The molecule has 1 heterocycles. The predicted octanol–water partition coefficient (Wildman–Crippen LogP) is 2.00. The zero-order valence-electron chi connectivity index (χ0n) is 12.4. The maximum Gasteiger partial charge on any atom is 0.341 e. The molecule has 0 radical (unpaired) electrons. The van der Waals surface area contributed by atoms with Crippen LogP contribution in [0.25, 0.3) is 6.08 Å². The van der Waals surface area contributed by atoms with Crippen molar-refractivity contribution in [2.45, 2.75) is 0 Å². The van der Waals surface area contributed by atoms with Crippen LogP contribution in [0.3, 0.4) is 0 Å². The van der Waals surface area contributed by atoms with Gasteiger partial charge in [0.25, 0.3) is 5.91 Å². The molecule has 6 nitrogen and oxygen atoms in total. The summed E-state index contributed by atoms with van der Waals surface area (Å²) in [5.74, 6) is -0.714. The van der Waals surface area contributed by atoms with E-state index >= 15 is 0 Å². The summed E-state index contributed by atoms with van der Waals surface area (Å²) in [5.41, 5.74) is 0.805. The van der Waals surface area contributed by atoms with Crippen LogP contribution in [0.5, 0.6) is 5.75 Å². The average molecular weight is 353 g/mol. The van der Waals surface area contributed by atoms with Crippen LogP contribution in [-0.4, -0.2) is 53.1 Å². The average Bonchev–Trinajstić information content (AvgIpc) is 2.78. The second kappa shape index (κ2) is 8.09. The lowest BCUT2D eigenvalue weighted by atomic mass is 10.2. The molecule has 0 aromatic heterocycles. The molecule has 1 aliphatic heterocycles. The highest BCUT2D eigenvalue weighted by Gasteiger charge is 2.31. The molecule has 0 saturated carbocycles. The fraction of sp³-hybridized carbons (Fsp3) is 0.267. The maximum absolute atomic E-state index is 12.3. The quantitative estimate of drug-likeness (QED) is 0.593. The lowest BCUT2D eigenvalue weighted by Crippen LogP contribution is -2.31. The van der Waals surface area contributed by atoms with E-state index in [9.17, 15) is 9.59 Å². The number of carbonyl (C=O) groups excluding carboxylic acids is 1. The van der Waals surface area contributed by atoms with Crippen molar-refractivity contribution in [3.63, 3.8) is 0 Å². The molecule has 2 rings (SSSR count). The number of ether oxygens (including phenoxy) is 2. The first kappa shape index (κ1) is 17.5. The third-order valence-corrected chi connectivity index (χ3v) is 4.31. The summed E-state index contributed by atoms with van der Waals surface area (Å²) in [6.07, 6.45) is 1.74. The van der Waals surface area contributed by atoms with E-state index in [0.717, 1.165) is 5.56 Å². The maximum atomic E-state index is 12.3. The molecule has 0 atom stereocenters. The van der Waals surface area contributed by atoms with Gasteiger partial charge in [-0.25, -0.2) is 4.79 Å². The number of hydrogen-bond acceptors (Lipinski definition) is 6. The van der Waals surface area contributed by atoms with Crippen LogP contribution in [0.15, 0.2) is 29.2 Å². The first-order chi connectivity index (χ1) is 11.0. The molecule has 0 spiro atoms. The molecular weight excluding hydrogens is 338 g/mol. The fourth-order valence-corrected chi connectivity index (χ4v) is 3.14.